The molecule has 0 unspecified atom stereocenters. The van der Waals surface area contributed by atoms with Gasteiger partial charge in [-0.15, -0.1) is 0 Å². The summed E-state index contributed by atoms with van der Waals surface area (Å²) in [4.78, 5) is 12.5. The third-order valence-electron chi connectivity index (χ3n) is 5.56. The first-order valence-electron chi connectivity index (χ1n) is 8.53. The van der Waals surface area contributed by atoms with Gasteiger partial charge in [0, 0.05) is 0 Å². The molecule has 1 atom stereocenters. The van der Waals surface area contributed by atoms with Crippen LogP contribution in [-0.4, -0.2) is 13.1 Å². The zero-order valence-corrected chi connectivity index (χ0v) is 14.8. The quantitative estimate of drug-likeness (QED) is 0.726. The highest BCUT2D eigenvalue weighted by Crippen LogP contribution is 2.42. The number of ether oxygens (including phenoxy) is 1. The van der Waals surface area contributed by atoms with Gasteiger partial charge >= 0.3 is 5.97 Å². The normalized spacial score (nSPS) is 20.6. The Morgan fingerprint density at radius 3 is 2.65 bits per heavy atom. The van der Waals surface area contributed by atoms with Crippen LogP contribution in [0.25, 0.3) is 10.8 Å². The molecule has 0 fully saturated rings. The lowest BCUT2D eigenvalue weighted by Crippen LogP contribution is -2.37. The molecule has 0 bridgehead atoms. The molecule has 23 heavy (non-hydrogen) atoms. The topological polar surface area (TPSA) is 26.3 Å². The van der Waals surface area contributed by atoms with E-state index < -0.39 is 5.41 Å². The zero-order chi connectivity index (χ0) is 16.8. The van der Waals surface area contributed by atoms with Crippen LogP contribution in [0.1, 0.15) is 61.8 Å². The highest BCUT2D eigenvalue weighted by molar-refractivity contribution is 5.92. The van der Waals surface area contributed by atoms with Crippen LogP contribution >= 0.6 is 0 Å². The van der Waals surface area contributed by atoms with Crippen molar-refractivity contribution in [3.05, 3.63) is 46.5 Å². The number of carbonyl (C=O) groups is 1. The number of rotatable bonds is 2. The first-order valence-corrected chi connectivity index (χ1v) is 8.53. The Balaban J connectivity index is 2.29. The monoisotopic (exact) mass is 310 g/mol. The molecule has 122 valence electrons. The number of benzene rings is 2. The molecule has 0 amide bonds. The maximum atomic E-state index is 12.5. The minimum absolute atomic E-state index is 0.114. The van der Waals surface area contributed by atoms with Gasteiger partial charge < -0.3 is 4.74 Å². The number of carbonyl (C=O) groups excluding carboxylic acids is 1. The maximum absolute atomic E-state index is 12.5. The number of methoxy groups -OCH3 is 1. The van der Waals surface area contributed by atoms with E-state index in [4.69, 9.17) is 4.74 Å². The lowest BCUT2D eigenvalue weighted by Gasteiger charge is -2.35. The van der Waals surface area contributed by atoms with Crippen LogP contribution in [0.2, 0.25) is 0 Å². The molecule has 2 aromatic carbocycles. The van der Waals surface area contributed by atoms with Crippen molar-refractivity contribution in [1.82, 2.24) is 0 Å². The van der Waals surface area contributed by atoms with E-state index in [0.717, 1.165) is 19.3 Å². The lowest BCUT2D eigenvalue weighted by molar-refractivity contribution is -0.147. The summed E-state index contributed by atoms with van der Waals surface area (Å²) in [6.07, 6.45) is 2.95. The second-order valence-electron chi connectivity index (χ2n) is 7.34. The van der Waals surface area contributed by atoms with Gasteiger partial charge in [0.2, 0.25) is 0 Å². The number of hydrogen-bond donors (Lipinski definition) is 0. The highest BCUT2D eigenvalue weighted by Gasteiger charge is 2.40. The van der Waals surface area contributed by atoms with Gasteiger partial charge in [-0.3, -0.25) is 4.79 Å². The fourth-order valence-corrected chi connectivity index (χ4v) is 4.01. The molecular weight excluding hydrogens is 284 g/mol. The van der Waals surface area contributed by atoms with Gasteiger partial charge in [-0.05, 0) is 78.1 Å². The van der Waals surface area contributed by atoms with E-state index in [2.05, 4.69) is 45.0 Å². The van der Waals surface area contributed by atoms with Crippen LogP contribution in [0.15, 0.2) is 24.3 Å². The summed E-state index contributed by atoms with van der Waals surface area (Å²) in [6.45, 7) is 8.66. The molecule has 0 N–H and O–H groups in total. The van der Waals surface area contributed by atoms with Crippen molar-refractivity contribution >= 4 is 16.7 Å². The SMILES string of the molecule is COC(=O)[C@]1(C)CCCc2c1cc1cc(C(C)C)ccc1c2C. The molecule has 0 saturated heterocycles. The molecule has 2 heteroatoms. The van der Waals surface area contributed by atoms with Gasteiger partial charge in [0.15, 0.2) is 0 Å². The van der Waals surface area contributed by atoms with Gasteiger partial charge in [-0.1, -0.05) is 32.0 Å². The van der Waals surface area contributed by atoms with E-state index in [1.165, 1.54) is 40.1 Å². The van der Waals surface area contributed by atoms with Crippen LogP contribution in [-0.2, 0) is 21.4 Å². The molecule has 0 radical (unpaired) electrons. The standard InChI is InChI=1S/C21H26O2/c1-13(2)15-8-9-17-14(3)18-7-6-10-21(4,20(22)23-5)19(18)12-16(17)11-15/h8-9,11-13H,6-7,10H2,1-5H3/t21-/m1/s1. The van der Waals surface area contributed by atoms with Crippen molar-refractivity contribution < 1.29 is 9.53 Å². The molecule has 3 rings (SSSR count). The Labute approximate surface area is 138 Å². The number of hydrogen-bond acceptors (Lipinski definition) is 2. The second kappa shape index (κ2) is 5.67. The Morgan fingerprint density at radius 1 is 1.26 bits per heavy atom. The zero-order valence-electron chi connectivity index (χ0n) is 14.8. The van der Waals surface area contributed by atoms with Crippen molar-refractivity contribution in [2.75, 3.05) is 7.11 Å². The number of esters is 1. The molecule has 1 aliphatic rings. The molecule has 0 aromatic heterocycles. The van der Waals surface area contributed by atoms with E-state index in [0.29, 0.717) is 5.92 Å². The molecular formula is C21H26O2. The third-order valence-corrected chi connectivity index (χ3v) is 5.56. The predicted octanol–water partition coefficient (Wildman–Crippen LogP) is 5.04. The summed E-state index contributed by atoms with van der Waals surface area (Å²) in [5.41, 5.74) is 4.65. The molecule has 2 nitrogen and oxygen atoms in total. The van der Waals surface area contributed by atoms with Crippen molar-refractivity contribution in [2.24, 2.45) is 0 Å². The number of fused-ring (bicyclic) bond motifs is 2. The van der Waals surface area contributed by atoms with Crippen molar-refractivity contribution in [3.8, 4) is 0 Å². The number of aryl methyl sites for hydroxylation is 1. The largest absolute Gasteiger partial charge is 0.468 e. The molecule has 0 aliphatic heterocycles. The molecule has 2 aromatic rings. The highest BCUT2D eigenvalue weighted by atomic mass is 16.5. The van der Waals surface area contributed by atoms with Crippen molar-refractivity contribution in [2.45, 2.75) is 58.3 Å². The van der Waals surface area contributed by atoms with E-state index >= 15 is 0 Å². The van der Waals surface area contributed by atoms with Crippen LogP contribution in [0.3, 0.4) is 0 Å². The van der Waals surface area contributed by atoms with Gasteiger partial charge in [0.05, 0.1) is 12.5 Å². The minimum Gasteiger partial charge on any atom is -0.468 e. The summed E-state index contributed by atoms with van der Waals surface area (Å²) < 4.78 is 5.12. The summed E-state index contributed by atoms with van der Waals surface area (Å²) in [5.74, 6) is 0.389. The van der Waals surface area contributed by atoms with E-state index in [1.54, 1.807) is 0 Å². The van der Waals surface area contributed by atoms with Crippen LogP contribution in [0.4, 0.5) is 0 Å². The Hall–Kier alpha value is -1.83. The first-order chi connectivity index (χ1) is 10.9. The predicted molar refractivity (Wildman–Crippen MR) is 95.1 cm³/mol. The van der Waals surface area contributed by atoms with Crippen LogP contribution in [0.5, 0.6) is 0 Å². The van der Waals surface area contributed by atoms with E-state index in [-0.39, 0.29) is 5.97 Å². The molecule has 0 spiro atoms. The maximum Gasteiger partial charge on any atom is 0.316 e. The Bertz CT molecular complexity index is 773. The molecule has 0 saturated carbocycles. The Kier molecular flexibility index (Phi) is 3.95. The summed E-state index contributed by atoms with van der Waals surface area (Å²) in [7, 11) is 1.49. The third kappa shape index (κ3) is 2.45. The van der Waals surface area contributed by atoms with Gasteiger partial charge in [-0.25, -0.2) is 0 Å². The fourth-order valence-electron chi connectivity index (χ4n) is 4.01. The summed E-state index contributed by atoms with van der Waals surface area (Å²) >= 11 is 0. The van der Waals surface area contributed by atoms with E-state index in [9.17, 15) is 4.79 Å². The minimum atomic E-state index is -0.519. The lowest BCUT2D eigenvalue weighted by atomic mass is 9.69. The fraction of sp³-hybridized carbons (Fsp3) is 0.476. The van der Waals surface area contributed by atoms with Gasteiger partial charge in [0.1, 0.15) is 0 Å². The average molecular weight is 310 g/mol. The Morgan fingerprint density at radius 2 is 2.00 bits per heavy atom. The average Bonchev–Trinajstić information content (AvgIpc) is 2.54. The summed E-state index contributed by atoms with van der Waals surface area (Å²) in [5, 5.41) is 2.55. The van der Waals surface area contributed by atoms with Crippen LogP contribution in [0, 0.1) is 6.92 Å². The van der Waals surface area contributed by atoms with Gasteiger partial charge in [0.25, 0.3) is 0 Å². The summed E-state index contributed by atoms with van der Waals surface area (Å²) in [6, 6.07) is 8.98. The second-order valence-corrected chi connectivity index (χ2v) is 7.34. The van der Waals surface area contributed by atoms with Crippen molar-refractivity contribution in [1.29, 1.82) is 0 Å². The van der Waals surface area contributed by atoms with E-state index in [1.807, 2.05) is 6.92 Å². The smallest absolute Gasteiger partial charge is 0.316 e. The van der Waals surface area contributed by atoms with Crippen molar-refractivity contribution in [3.63, 3.8) is 0 Å². The first kappa shape index (κ1) is 16.0. The van der Waals surface area contributed by atoms with Crippen LogP contribution < -0.4 is 0 Å². The molecule has 0 heterocycles. The van der Waals surface area contributed by atoms with Gasteiger partial charge in [-0.2, -0.15) is 0 Å². The molecule has 1 aliphatic carbocycles.